The summed E-state index contributed by atoms with van der Waals surface area (Å²) in [5.74, 6) is -0.256. The lowest BCUT2D eigenvalue weighted by Crippen LogP contribution is -2.03. The van der Waals surface area contributed by atoms with Crippen molar-refractivity contribution in [2.24, 2.45) is 0 Å². The number of carboxylic acid groups (broad SMARTS) is 1. The zero-order chi connectivity index (χ0) is 16.1. The molecular formula is C17H15N3O3. The van der Waals surface area contributed by atoms with E-state index in [2.05, 4.69) is 15.2 Å². The van der Waals surface area contributed by atoms with Crippen molar-refractivity contribution in [2.45, 2.75) is 6.42 Å². The van der Waals surface area contributed by atoms with Gasteiger partial charge in [0.25, 0.3) is 0 Å². The van der Waals surface area contributed by atoms with Gasteiger partial charge < -0.3 is 9.84 Å². The number of benzene rings is 1. The summed E-state index contributed by atoms with van der Waals surface area (Å²) in [5, 5.41) is 15.7. The minimum absolute atomic E-state index is 0.285. The summed E-state index contributed by atoms with van der Waals surface area (Å²) in [4.78, 5) is 15.2. The van der Waals surface area contributed by atoms with Gasteiger partial charge in [0.15, 0.2) is 0 Å². The molecule has 2 aromatic heterocycles. The van der Waals surface area contributed by atoms with Crippen LogP contribution in [-0.4, -0.2) is 32.9 Å². The van der Waals surface area contributed by atoms with Gasteiger partial charge in [0.2, 0.25) is 0 Å². The van der Waals surface area contributed by atoms with Crippen molar-refractivity contribution >= 4 is 5.97 Å². The number of rotatable bonds is 6. The number of nitrogens with zero attached hydrogens (tertiary/aromatic N) is 2. The highest BCUT2D eigenvalue weighted by Gasteiger charge is 2.04. The maximum absolute atomic E-state index is 10.9. The third-order valence-electron chi connectivity index (χ3n) is 3.35. The van der Waals surface area contributed by atoms with Gasteiger partial charge in [0.1, 0.15) is 5.75 Å². The molecule has 116 valence electrons. The van der Waals surface area contributed by atoms with Crippen molar-refractivity contribution in [1.29, 1.82) is 0 Å². The number of nitrogens with one attached hydrogen (secondary N) is 1. The molecule has 2 heterocycles. The maximum Gasteiger partial charge on any atom is 0.335 e. The maximum atomic E-state index is 10.9. The predicted octanol–water partition coefficient (Wildman–Crippen LogP) is 2.79. The fraction of sp³-hybridized carbons (Fsp3) is 0.118. The molecular weight excluding hydrogens is 294 g/mol. The molecule has 0 radical (unpaired) electrons. The SMILES string of the molecule is O=C(O)c1cccc(CCOc2ccc(-c3ccn[nH]3)nc2)c1. The molecule has 6 nitrogen and oxygen atoms in total. The molecule has 3 aromatic rings. The summed E-state index contributed by atoms with van der Waals surface area (Å²) >= 11 is 0. The van der Waals surface area contributed by atoms with Gasteiger partial charge in [-0.2, -0.15) is 5.10 Å². The lowest BCUT2D eigenvalue weighted by Gasteiger charge is -2.07. The number of carboxylic acids is 1. The van der Waals surface area contributed by atoms with Gasteiger partial charge >= 0.3 is 5.97 Å². The Morgan fingerprint density at radius 1 is 1.22 bits per heavy atom. The zero-order valence-corrected chi connectivity index (χ0v) is 12.3. The average Bonchev–Trinajstić information content (AvgIpc) is 3.10. The summed E-state index contributed by atoms with van der Waals surface area (Å²) in [6.45, 7) is 0.453. The van der Waals surface area contributed by atoms with Crippen LogP contribution in [0.1, 0.15) is 15.9 Å². The molecule has 1 aromatic carbocycles. The number of ether oxygens (including phenoxy) is 1. The van der Waals surface area contributed by atoms with Crippen LogP contribution < -0.4 is 4.74 Å². The number of aromatic carboxylic acids is 1. The second-order valence-corrected chi connectivity index (χ2v) is 4.95. The van der Waals surface area contributed by atoms with E-state index in [1.807, 2.05) is 24.3 Å². The molecule has 0 bridgehead atoms. The van der Waals surface area contributed by atoms with Crippen molar-refractivity contribution in [3.05, 3.63) is 66.0 Å². The van der Waals surface area contributed by atoms with Crippen molar-refractivity contribution in [3.8, 4) is 17.1 Å². The lowest BCUT2D eigenvalue weighted by atomic mass is 10.1. The number of aromatic nitrogens is 3. The van der Waals surface area contributed by atoms with Crippen molar-refractivity contribution in [3.63, 3.8) is 0 Å². The van der Waals surface area contributed by atoms with Crippen LogP contribution in [0, 0.1) is 0 Å². The Morgan fingerprint density at radius 2 is 2.13 bits per heavy atom. The van der Waals surface area contributed by atoms with Crippen LogP contribution in [0.25, 0.3) is 11.4 Å². The third-order valence-corrected chi connectivity index (χ3v) is 3.35. The highest BCUT2D eigenvalue weighted by atomic mass is 16.5. The molecule has 0 amide bonds. The average molecular weight is 309 g/mol. The van der Waals surface area contributed by atoms with Gasteiger partial charge in [-0.05, 0) is 35.9 Å². The summed E-state index contributed by atoms with van der Waals surface area (Å²) in [6, 6.07) is 12.4. The van der Waals surface area contributed by atoms with Crippen LogP contribution in [-0.2, 0) is 6.42 Å². The van der Waals surface area contributed by atoms with E-state index in [-0.39, 0.29) is 5.56 Å². The highest BCUT2D eigenvalue weighted by molar-refractivity contribution is 5.87. The first-order chi connectivity index (χ1) is 11.2. The Bertz CT molecular complexity index is 783. The van der Waals surface area contributed by atoms with Gasteiger partial charge in [0, 0.05) is 12.6 Å². The molecule has 0 aliphatic rings. The van der Waals surface area contributed by atoms with Crippen LogP contribution in [0.3, 0.4) is 0 Å². The van der Waals surface area contributed by atoms with Crippen molar-refractivity contribution < 1.29 is 14.6 Å². The highest BCUT2D eigenvalue weighted by Crippen LogP contribution is 2.17. The number of hydrogen-bond acceptors (Lipinski definition) is 4. The number of pyridine rings is 1. The largest absolute Gasteiger partial charge is 0.492 e. The monoisotopic (exact) mass is 309 g/mol. The van der Waals surface area contributed by atoms with E-state index in [0.29, 0.717) is 18.8 Å². The van der Waals surface area contributed by atoms with Gasteiger partial charge in [-0.1, -0.05) is 12.1 Å². The first kappa shape index (κ1) is 14.8. The van der Waals surface area contributed by atoms with Crippen LogP contribution in [0.2, 0.25) is 0 Å². The van der Waals surface area contributed by atoms with Crippen LogP contribution in [0.15, 0.2) is 54.9 Å². The van der Waals surface area contributed by atoms with E-state index < -0.39 is 5.97 Å². The standard InChI is InChI=1S/C17H15N3O3/c21-17(22)13-3-1-2-12(10-13)7-9-23-14-4-5-15(18-11-14)16-6-8-19-20-16/h1-6,8,10-11H,7,9H2,(H,19,20)(H,21,22). The third kappa shape index (κ3) is 3.74. The molecule has 0 unspecified atom stereocenters. The summed E-state index contributed by atoms with van der Waals surface area (Å²) in [5.41, 5.74) is 2.85. The molecule has 0 fully saturated rings. The van der Waals surface area contributed by atoms with Crippen LogP contribution in [0.5, 0.6) is 5.75 Å². The summed E-state index contributed by atoms with van der Waals surface area (Å²) in [7, 11) is 0. The van der Waals surface area contributed by atoms with Crippen molar-refractivity contribution in [1.82, 2.24) is 15.2 Å². The molecule has 0 aliphatic carbocycles. The molecule has 0 spiro atoms. The fourth-order valence-electron chi connectivity index (χ4n) is 2.17. The lowest BCUT2D eigenvalue weighted by molar-refractivity contribution is 0.0696. The Labute approximate surface area is 132 Å². The fourth-order valence-corrected chi connectivity index (χ4v) is 2.17. The van der Waals surface area contributed by atoms with Gasteiger partial charge in [0.05, 0.1) is 29.8 Å². The van der Waals surface area contributed by atoms with Crippen molar-refractivity contribution in [2.75, 3.05) is 6.61 Å². The smallest absolute Gasteiger partial charge is 0.335 e. The topological polar surface area (TPSA) is 88.1 Å². The second-order valence-electron chi connectivity index (χ2n) is 4.95. The van der Waals surface area contributed by atoms with E-state index >= 15 is 0 Å². The summed E-state index contributed by atoms with van der Waals surface area (Å²) < 4.78 is 5.65. The Hall–Kier alpha value is -3.15. The molecule has 0 saturated carbocycles. The van der Waals surface area contributed by atoms with E-state index in [1.165, 1.54) is 0 Å². The Kier molecular flexibility index (Phi) is 4.33. The van der Waals surface area contributed by atoms with Crippen LogP contribution >= 0.6 is 0 Å². The molecule has 0 atom stereocenters. The Balaban J connectivity index is 1.56. The quantitative estimate of drug-likeness (QED) is 0.731. The van der Waals surface area contributed by atoms with E-state index in [1.54, 1.807) is 30.6 Å². The number of aromatic amines is 1. The molecule has 2 N–H and O–H groups in total. The Morgan fingerprint density at radius 3 is 2.83 bits per heavy atom. The minimum Gasteiger partial charge on any atom is -0.492 e. The zero-order valence-electron chi connectivity index (χ0n) is 12.3. The van der Waals surface area contributed by atoms with Gasteiger partial charge in [-0.3, -0.25) is 10.1 Å². The molecule has 23 heavy (non-hydrogen) atoms. The molecule has 6 heteroatoms. The van der Waals surface area contributed by atoms with Crippen LogP contribution in [0.4, 0.5) is 0 Å². The first-order valence-electron chi connectivity index (χ1n) is 7.13. The van der Waals surface area contributed by atoms with E-state index in [4.69, 9.17) is 9.84 Å². The van der Waals surface area contributed by atoms with E-state index in [9.17, 15) is 4.79 Å². The minimum atomic E-state index is -0.925. The second kappa shape index (κ2) is 6.74. The number of carbonyl (C=O) groups is 1. The predicted molar refractivity (Wildman–Crippen MR) is 84.4 cm³/mol. The first-order valence-corrected chi connectivity index (χ1v) is 7.13. The van der Waals surface area contributed by atoms with Gasteiger partial charge in [-0.15, -0.1) is 0 Å². The molecule has 0 aliphatic heterocycles. The molecule has 0 saturated heterocycles. The normalized spacial score (nSPS) is 10.4. The van der Waals surface area contributed by atoms with Gasteiger partial charge in [-0.25, -0.2) is 4.79 Å². The van der Waals surface area contributed by atoms with E-state index in [0.717, 1.165) is 17.0 Å². The number of hydrogen-bond donors (Lipinski definition) is 2. The summed E-state index contributed by atoms with van der Waals surface area (Å²) in [6.07, 6.45) is 3.96. The molecule has 3 rings (SSSR count). The number of H-pyrrole nitrogens is 1.